The minimum absolute atomic E-state index is 0.0666. The van der Waals surface area contributed by atoms with Crippen LogP contribution in [0.1, 0.15) is 30.4 Å². The van der Waals surface area contributed by atoms with Crippen molar-refractivity contribution < 1.29 is 4.79 Å². The molecule has 4 nitrogen and oxygen atoms in total. The minimum atomic E-state index is -0.676. The molecule has 0 radical (unpaired) electrons. The highest BCUT2D eigenvalue weighted by Crippen LogP contribution is 2.43. The summed E-state index contributed by atoms with van der Waals surface area (Å²) in [7, 11) is 0. The number of nitrogens with zero attached hydrogens (tertiary/aromatic N) is 1. The summed E-state index contributed by atoms with van der Waals surface area (Å²) in [6, 6.07) is 15.8. The first kappa shape index (κ1) is 15.5. The summed E-state index contributed by atoms with van der Waals surface area (Å²) >= 11 is 6.31. The Morgan fingerprint density at radius 2 is 1.88 bits per heavy atom. The molecule has 1 fully saturated rings. The quantitative estimate of drug-likeness (QED) is 0.818. The van der Waals surface area contributed by atoms with Gasteiger partial charge in [-0.05, 0) is 43.1 Å². The summed E-state index contributed by atoms with van der Waals surface area (Å²) in [5, 5.41) is 7.36. The van der Waals surface area contributed by atoms with Crippen LogP contribution in [0.25, 0.3) is 0 Å². The fourth-order valence-electron chi connectivity index (χ4n) is 3.80. The van der Waals surface area contributed by atoms with Crippen LogP contribution >= 0.6 is 11.6 Å². The van der Waals surface area contributed by atoms with E-state index in [0.29, 0.717) is 11.6 Å². The molecule has 2 heterocycles. The predicted molar refractivity (Wildman–Crippen MR) is 96.3 cm³/mol. The first-order chi connectivity index (χ1) is 11.7. The third kappa shape index (κ3) is 2.38. The van der Waals surface area contributed by atoms with Crippen molar-refractivity contribution in [2.24, 2.45) is 0 Å². The summed E-state index contributed by atoms with van der Waals surface area (Å²) in [6.45, 7) is 1.56. The molecule has 0 aromatic heterocycles. The Labute approximate surface area is 146 Å². The van der Waals surface area contributed by atoms with E-state index in [2.05, 4.69) is 22.8 Å². The molecule has 2 N–H and O–H groups in total. The summed E-state index contributed by atoms with van der Waals surface area (Å²) in [5.41, 5.74) is 2.20. The van der Waals surface area contributed by atoms with Crippen molar-refractivity contribution in [3.05, 3.63) is 64.7 Å². The van der Waals surface area contributed by atoms with Gasteiger partial charge in [-0.3, -0.25) is 10.2 Å². The normalized spacial score (nSPS) is 23.5. The number of anilines is 1. The number of hydrogen-bond acceptors (Lipinski definition) is 2. The van der Waals surface area contributed by atoms with E-state index in [1.54, 1.807) is 0 Å². The first-order valence-electron chi connectivity index (χ1n) is 8.41. The van der Waals surface area contributed by atoms with Crippen molar-refractivity contribution in [1.29, 1.82) is 0 Å². The number of rotatable bonds is 1. The van der Waals surface area contributed by atoms with Gasteiger partial charge in [0.05, 0.1) is 0 Å². The molecule has 0 bridgehead atoms. The second-order valence-corrected chi connectivity index (χ2v) is 6.77. The molecule has 2 aromatic carbocycles. The molecule has 0 aliphatic carbocycles. The van der Waals surface area contributed by atoms with Crippen LogP contribution in [-0.4, -0.2) is 24.0 Å². The van der Waals surface area contributed by atoms with Crippen LogP contribution < -0.4 is 10.6 Å². The van der Waals surface area contributed by atoms with E-state index in [1.165, 1.54) is 0 Å². The molecule has 1 saturated heterocycles. The standard InChI is InChI=1S/C19H20ClN3O/c20-15-9-10-17-16(13-15)19(14-7-3-1-4-8-14)21-11-5-2-6-12-23(19)18(24)22-17/h1,3-4,7-10,13,21H,2,5-6,11-12H2,(H,22,24). The van der Waals surface area contributed by atoms with Gasteiger partial charge in [-0.1, -0.05) is 48.4 Å². The van der Waals surface area contributed by atoms with Crippen molar-refractivity contribution in [3.63, 3.8) is 0 Å². The predicted octanol–water partition coefficient (Wildman–Crippen LogP) is 4.16. The second-order valence-electron chi connectivity index (χ2n) is 6.34. The van der Waals surface area contributed by atoms with E-state index in [1.807, 2.05) is 41.3 Å². The fourth-order valence-corrected chi connectivity index (χ4v) is 3.97. The van der Waals surface area contributed by atoms with E-state index >= 15 is 0 Å². The lowest BCUT2D eigenvalue weighted by Crippen LogP contribution is -2.63. The van der Waals surface area contributed by atoms with Crippen LogP contribution in [0.5, 0.6) is 0 Å². The lowest BCUT2D eigenvalue weighted by atomic mass is 9.85. The smallest absolute Gasteiger partial charge is 0.307 e. The summed E-state index contributed by atoms with van der Waals surface area (Å²) in [5.74, 6) is 0. The zero-order valence-corrected chi connectivity index (χ0v) is 14.1. The second kappa shape index (κ2) is 6.11. The van der Waals surface area contributed by atoms with Crippen molar-refractivity contribution in [3.8, 4) is 0 Å². The molecular formula is C19H20ClN3O. The molecule has 5 heteroatoms. The molecule has 1 unspecified atom stereocenters. The van der Waals surface area contributed by atoms with Crippen LogP contribution in [0, 0.1) is 0 Å². The molecule has 24 heavy (non-hydrogen) atoms. The van der Waals surface area contributed by atoms with Gasteiger partial charge in [0.1, 0.15) is 5.66 Å². The molecule has 2 aromatic rings. The molecule has 4 rings (SSSR count). The number of urea groups is 1. The molecule has 2 amide bonds. The van der Waals surface area contributed by atoms with Crippen molar-refractivity contribution >= 4 is 23.3 Å². The number of amides is 2. The molecule has 1 atom stereocenters. The van der Waals surface area contributed by atoms with Gasteiger partial charge in [0, 0.05) is 22.8 Å². The fraction of sp³-hybridized carbons (Fsp3) is 0.316. The Morgan fingerprint density at radius 1 is 1.04 bits per heavy atom. The number of fused-ring (bicyclic) bond motifs is 3. The van der Waals surface area contributed by atoms with E-state index in [4.69, 9.17) is 11.6 Å². The SMILES string of the molecule is O=C1Nc2ccc(Cl)cc2C2(c3ccccc3)NCCCCCN12. The van der Waals surface area contributed by atoms with Crippen molar-refractivity contribution in [2.45, 2.75) is 24.9 Å². The Kier molecular flexibility index (Phi) is 3.94. The Hall–Kier alpha value is -2.04. The number of nitrogens with one attached hydrogen (secondary N) is 2. The largest absolute Gasteiger partial charge is 0.323 e. The number of carbonyl (C=O) groups is 1. The van der Waals surface area contributed by atoms with Crippen LogP contribution in [0.4, 0.5) is 10.5 Å². The average molecular weight is 342 g/mol. The van der Waals surface area contributed by atoms with Crippen LogP contribution in [-0.2, 0) is 5.66 Å². The van der Waals surface area contributed by atoms with Gasteiger partial charge in [0.25, 0.3) is 0 Å². The summed E-state index contributed by atoms with van der Waals surface area (Å²) in [6.07, 6.45) is 3.21. The zero-order chi connectivity index (χ0) is 16.6. The van der Waals surface area contributed by atoms with E-state index < -0.39 is 5.66 Å². The molecule has 2 aliphatic rings. The first-order valence-corrected chi connectivity index (χ1v) is 8.79. The maximum Gasteiger partial charge on any atom is 0.323 e. The molecule has 0 saturated carbocycles. The van der Waals surface area contributed by atoms with Crippen LogP contribution in [0.3, 0.4) is 0 Å². The Bertz CT molecular complexity index is 764. The molecule has 0 spiro atoms. The monoisotopic (exact) mass is 341 g/mol. The third-order valence-electron chi connectivity index (χ3n) is 4.89. The summed E-state index contributed by atoms with van der Waals surface area (Å²) in [4.78, 5) is 14.8. The van der Waals surface area contributed by atoms with Gasteiger partial charge in [-0.25, -0.2) is 4.79 Å². The topological polar surface area (TPSA) is 44.4 Å². The minimum Gasteiger partial charge on any atom is -0.307 e. The van der Waals surface area contributed by atoms with Crippen molar-refractivity contribution in [2.75, 3.05) is 18.4 Å². The Balaban J connectivity index is 1.99. The Morgan fingerprint density at radius 3 is 2.71 bits per heavy atom. The van der Waals surface area contributed by atoms with Crippen molar-refractivity contribution in [1.82, 2.24) is 10.2 Å². The van der Waals surface area contributed by atoms with Gasteiger partial charge in [-0.2, -0.15) is 0 Å². The van der Waals surface area contributed by atoms with Gasteiger partial charge in [-0.15, -0.1) is 0 Å². The number of benzene rings is 2. The van der Waals surface area contributed by atoms with Gasteiger partial charge in [0.2, 0.25) is 0 Å². The highest BCUT2D eigenvalue weighted by molar-refractivity contribution is 6.30. The van der Waals surface area contributed by atoms with Crippen LogP contribution in [0.2, 0.25) is 5.02 Å². The highest BCUT2D eigenvalue weighted by Gasteiger charge is 2.47. The summed E-state index contributed by atoms with van der Waals surface area (Å²) < 4.78 is 0. The maximum absolute atomic E-state index is 12.9. The molecule has 124 valence electrons. The third-order valence-corrected chi connectivity index (χ3v) is 5.13. The lowest BCUT2D eigenvalue weighted by Gasteiger charge is -2.50. The van der Waals surface area contributed by atoms with E-state index in [-0.39, 0.29) is 6.03 Å². The molecular weight excluding hydrogens is 322 g/mol. The zero-order valence-electron chi connectivity index (χ0n) is 13.4. The average Bonchev–Trinajstić information content (AvgIpc) is 2.57. The van der Waals surface area contributed by atoms with Crippen LogP contribution in [0.15, 0.2) is 48.5 Å². The number of carbonyl (C=O) groups excluding carboxylic acids is 1. The number of hydrogen-bond donors (Lipinski definition) is 2. The van der Waals surface area contributed by atoms with E-state index in [0.717, 1.165) is 42.6 Å². The number of halogens is 1. The van der Waals surface area contributed by atoms with Gasteiger partial charge >= 0.3 is 6.03 Å². The highest BCUT2D eigenvalue weighted by atomic mass is 35.5. The van der Waals surface area contributed by atoms with Gasteiger partial charge < -0.3 is 5.32 Å². The maximum atomic E-state index is 12.9. The van der Waals surface area contributed by atoms with Gasteiger partial charge in [0.15, 0.2) is 0 Å². The lowest BCUT2D eigenvalue weighted by molar-refractivity contribution is 0.106. The molecule has 2 aliphatic heterocycles. The van der Waals surface area contributed by atoms with E-state index in [9.17, 15) is 4.79 Å².